The van der Waals surface area contributed by atoms with Crippen LogP contribution < -0.4 is 14.5 Å². The molecule has 54 heavy (non-hydrogen) atoms. The monoisotopic (exact) mass is 714 g/mol. The van der Waals surface area contributed by atoms with Crippen molar-refractivity contribution in [3.63, 3.8) is 0 Å². The van der Waals surface area contributed by atoms with Crippen LogP contribution in [-0.2, 0) is 11.2 Å². The molecule has 8 rings (SSSR count). The fourth-order valence-corrected chi connectivity index (χ4v) is 6.99. The molecule has 0 unspecified atom stereocenters. The second kappa shape index (κ2) is 14.6. The lowest BCUT2D eigenvalue weighted by molar-refractivity contribution is -0.134. The first-order valence-electron chi connectivity index (χ1n) is 17.5. The van der Waals surface area contributed by atoms with Gasteiger partial charge in [0.25, 0.3) is 11.8 Å². The summed E-state index contributed by atoms with van der Waals surface area (Å²) in [6.45, 7) is 0. The SMILES string of the molecule is O=C(CCCc1ccc(N2C(=O)c3cccc4c(-c5ccc(N(c6ccccc6)c6ccccc6)cc5)ccc(c34)C2=O)cc1)Oc1cc(F)cc(F)c1. The Morgan fingerprint density at radius 1 is 0.593 bits per heavy atom. The van der Waals surface area contributed by atoms with Gasteiger partial charge in [0.2, 0.25) is 0 Å². The Labute approximate surface area is 310 Å². The van der Waals surface area contributed by atoms with E-state index in [1.54, 1.807) is 24.3 Å². The van der Waals surface area contributed by atoms with E-state index in [0.717, 1.165) is 51.3 Å². The van der Waals surface area contributed by atoms with Gasteiger partial charge >= 0.3 is 5.97 Å². The number of anilines is 4. The van der Waals surface area contributed by atoms with Crippen molar-refractivity contribution in [2.45, 2.75) is 19.3 Å². The van der Waals surface area contributed by atoms with Crippen molar-refractivity contribution in [3.05, 3.63) is 186 Å². The quantitative estimate of drug-likeness (QED) is 0.0802. The van der Waals surface area contributed by atoms with E-state index in [4.69, 9.17) is 4.74 Å². The molecular formula is C46H32F2N2O4. The van der Waals surface area contributed by atoms with Gasteiger partial charge in [0.1, 0.15) is 17.4 Å². The van der Waals surface area contributed by atoms with E-state index < -0.39 is 29.4 Å². The highest BCUT2D eigenvalue weighted by Gasteiger charge is 2.34. The van der Waals surface area contributed by atoms with Gasteiger partial charge in [-0.15, -0.1) is 0 Å². The average molecular weight is 715 g/mol. The maximum absolute atomic E-state index is 14.0. The molecule has 0 saturated heterocycles. The third-order valence-electron chi connectivity index (χ3n) is 9.48. The van der Waals surface area contributed by atoms with Gasteiger partial charge in [-0.05, 0) is 95.6 Å². The molecule has 1 aliphatic heterocycles. The molecule has 0 aromatic heterocycles. The number of carbonyl (C=O) groups is 3. The molecule has 1 heterocycles. The fraction of sp³-hybridized carbons (Fsp3) is 0.0652. The molecular weight excluding hydrogens is 683 g/mol. The van der Waals surface area contributed by atoms with Gasteiger partial charge in [-0.2, -0.15) is 0 Å². The van der Waals surface area contributed by atoms with Crippen LogP contribution >= 0.6 is 0 Å². The molecule has 0 radical (unpaired) electrons. The van der Waals surface area contributed by atoms with Gasteiger partial charge in [0, 0.05) is 58.2 Å². The van der Waals surface area contributed by atoms with Gasteiger partial charge in [-0.25, -0.2) is 13.7 Å². The minimum absolute atomic E-state index is 0.0374. The number of ether oxygens (including phenoxy) is 1. The summed E-state index contributed by atoms with van der Waals surface area (Å²) < 4.78 is 31.9. The lowest BCUT2D eigenvalue weighted by Gasteiger charge is -2.28. The van der Waals surface area contributed by atoms with Gasteiger partial charge in [-0.3, -0.25) is 14.4 Å². The van der Waals surface area contributed by atoms with Crippen LogP contribution in [0.1, 0.15) is 39.1 Å². The molecule has 0 fully saturated rings. The molecule has 7 aromatic rings. The summed E-state index contributed by atoms with van der Waals surface area (Å²) in [6.07, 6.45) is 0.975. The van der Waals surface area contributed by atoms with Crippen LogP contribution in [0.3, 0.4) is 0 Å². The fourth-order valence-electron chi connectivity index (χ4n) is 6.99. The van der Waals surface area contributed by atoms with E-state index in [1.165, 1.54) is 4.90 Å². The normalized spacial score (nSPS) is 12.2. The number of aryl methyl sites for hydroxylation is 1. The maximum Gasteiger partial charge on any atom is 0.311 e. The predicted molar refractivity (Wildman–Crippen MR) is 207 cm³/mol. The number of rotatable bonds is 10. The Balaban J connectivity index is 1.00. The summed E-state index contributed by atoms with van der Waals surface area (Å²) in [7, 11) is 0. The Morgan fingerprint density at radius 3 is 1.80 bits per heavy atom. The second-order valence-electron chi connectivity index (χ2n) is 13.0. The van der Waals surface area contributed by atoms with Crippen molar-refractivity contribution < 1.29 is 27.9 Å². The molecule has 0 atom stereocenters. The minimum atomic E-state index is -0.828. The summed E-state index contributed by atoms with van der Waals surface area (Å²) in [5.74, 6) is -3.26. The molecule has 7 aromatic carbocycles. The highest BCUT2D eigenvalue weighted by atomic mass is 19.1. The Kier molecular flexibility index (Phi) is 9.24. The number of nitrogens with zero attached hydrogens (tertiary/aromatic N) is 2. The van der Waals surface area contributed by atoms with Crippen molar-refractivity contribution >= 4 is 51.3 Å². The van der Waals surface area contributed by atoms with Crippen LogP contribution in [0.4, 0.5) is 31.5 Å². The number of para-hydroxylation sites is 2. The molecule has 1 aliphatic rings. The summed E-state index contributed by atoms with van der Waals surface area (Å²) in [5, 5.41) is 1.45. The summed E-state index contributed by atoms with van der Waals surface area (Å²) >= 11 is 0. The zero-order chi connectivity index (χ0) is 37.2. The number of benzene rings is 7. The topological polar surface area (TPSA) is 66.9 Å². The van der Waals surface area contributed by atoms with E-state index in [2.05, 4.69) is 53.4 Å². The third kappa shape index (κ3) is 6.73. The van der Waals surface area contributed by atoms with Gasteiger partial charge in [0.05, 0.1) is 5.69 Å². The predicted octanol–water partition coefficient (Wildman–Crippen LogP) is 11.0. The van der Waals surface area contributed by atoms with Crippen molar-refractivity contribution in [1.29, 1.82) is 0 Å². The first kappa shape index (κ1) is 34.2. The second-order valence-corrected chi connectivity index (χ2v) is 13.0. The third-order valence-corrected chi connectivity index (χ3v) is 9.48. The van der Waals surface area contributed by atoms with Crippen molar-refractivity contribution in [1.82, 2.24) is 0 Å². The van der Waals surface area contributed by atoms with E-state index in [0.29, 0.717) is 41.1 Å². The number of hydrogen-bond donors (Lipinski definition) is 0. The van der Waals surface area contributed by atoms with Crippen molar-refractivity contribution in [2.24, 2.45) is 0 Å². The lowest BCUT2D eigenvalue weighted by Crippen LogP contribution is -2.40. The van der Waals surface area contributed by atoms with E-state index in [9.17, 15) is 23.2 Å². The average Bonchev–Trinajstić information content (AvgIpc) is 3.18. The van der Waals surface area contributed by atoms with E-state index >= 15 is 0 Å². The number of carbonyl (C=O) groups excluding carboxylic acids is 3. The van der Waals surface area contributed by atoms with Gasteiger partial charge in [0.15, 0.2) is 0 Å². The number of hydrogen-bond acceptors (Lipinski definition) is 5. The Hall–Kier alpha value is -6.93. The largest absolute Gasteiger partial charge is 0.426 e. The number of halogens is 2. The zero-order valence-corrected chi connectivity index (χ0v) is 28.9. The van der Waals surface area contributed by atoms with Crippen LogP contribution in [0.2, 0.25) is 0 Å². The highest BCUT2D eigenvalue weighted by molar-refractivity contribution is 6.36. The minimum Gasteiger partial charge on any atom is -0.426 e. The Morgan fingerprint density at radius 2 is 1.17 bits per heavy atom. The molecule has 8 heteroatoms. The van der Waals surface area contributed by atoms with Crippen molar-refractivity contribution in [2.75, 3.05) is 9.80 Å². The smallest absolute Gasteiger partial charge is 0.311 e. The number of esters is 1. The summed E-state index contributed by atoms with van der Waals surface area (Å²) in [4.78, 5) is 43.6. The van der Waals surface area contributed by atoms with Crippen LogP contribution in [0.25, 0.3) is 21.9 Å². The molecule has 0 spiro atoms. The number of amides is 2. The molecule has 0 saturated carbocycles. The number of imide groups is 1. The van der Waals surface area contributed by atoms with Crippen LogP contribution in [0.5, 0.6) is 5.75 Å². The zero-order valence-electron chi connectivity index (χ0n) is 28.9. The van der Waals surface area contributed by atoms with E-state index in [-0.39, 0.29) is 12.2 Å². The van der Waals surface area contributed by atoms with E-state index in [1.807, 2.05) is 66.7 Å². The highest BCUT2D eigenvalue weighted by Crippen LogP contribution is 2.40. The van der Waals surface area contributed by atoms with Crippen LogP contribution in [0.15, 0.2) is 158 Å². The molecule has 0 bridgehead atoms. The van der Waals surface area contributed by atoms with Gasteiger partial charge in [-0.1, -0.05) is 78.9 Å². The summed E-state index contributed by atoms with van der Waals surface area (Å²) in [5.41, 5.74) is 7.15. The van der Waals surface area contributed by atoms with Gasteiger partial charge < -0.3 is 9.64 Å². The standard InChI is InChI=1S/C46H32F2N2O4/c47-32-27-33(48)29-38(28-32)54-43(51)16-7-9-30-17-21-37(22-18-30)50-45(52)41-15-8-14-40-39(25-26-42(44(40)41)46(50)53)31-19-23-36(24-20-31)49(34-10-3-1-4-11-34)35-12-5-2-6-13-35/h1-6,8,10-15,17-29H,7,9,16H2. The van der Waals surface area contributed by atoms with Crippen molar-refractivity contribution in [3.8, 4) is 16.9 Å². The molecule has 0 aliphatic carbocycles. The summed E-state index contributed by atoms with van der Waals surface area (Å²) in [6, 6.07) is 47.6. The Bertz CT molecular complexity index is 2440. The lowest BCUT2D eigenvalue weighted by atomic mass is 9.89. The molecule has 0 N–H and O–H groups in total. The maximum atomic E-state index is 14.0. The molecule has 2 amide bonds. The molecule has 6 nitrogen and oxygen atoms in total. The first-order valence-corrected chi connectivity index (χ1v) is 17.5. The molecule has 264 valence electrons. The van der Waals surface area contributed by atoms with Crippen LogP contribution in [-0.4, -0.2) is 17.8 Å². The van der Waals surface area contributed by atoms with Crippen LogP contribution in [0, 0.1) is 11.6 Å². The first-order chi connectivity index (χ1) is 26.3.